The Labute approximate surface area is 75.8 Å². The molecule has 1 heterocycles. The fourth-order valence-corrected chi connectivity index (χ4v) is 1.81. The molecule has 1 aliphatic carbocycles. The first kappa shape index (κ1) is 6.92. The second-order valence-corrected chi connectivity index (χ2v) is 3.25. The van der Waals surface area contributed by atoms with E-state index >= 15 is 0 Å². The molecule has 2 heteroatoms. The van der Waals surface area contributed by atoms with E-state index in [1.54, 1.807) is 12.2 Å². The number of hydrogen-bond acceptors (Lipinski definition) is 2. The zero-order valence-electron chi connectivity index (χ0n) is 6.90. The highest BCUT2D eigenvalue weighted by Gasteiger charge is 2.43. The van der Waals surface area contributed by atoms with E-state index in [9.17, 15) is 5.11 Å². The average Bonchev–Trinajstić information content (AvgIpc) is 2.60. The van der Waals surface area contributed by atoms with Gasteiger partial charge in [0.05, 0.1) is 0 Å². The van der Waals surface area contributed by atoms with Gasteiger partial charge in [0.25, 0.3) is 0 Å². The van der Waals surface area contributed by atoms with Gasteiger partial charge in [-0.25, -0.2) is 0 Å². The third kappa shape index (κ3) is 0.711. The smallest absolute Gasteiger partial charge is 0.169 e. The SMILES string of the molecule is OC12C=CC=C1Oc1ccccc12. The molecule has 2 nitrogen and oxygen atoms in total. The number of fused-ring (bicyclic) bond motifs is 3. The van der Waals surface area contributed by atoms with E-state index in [4.69, 9.17) is 4.74 Å². The van der Waals surface area contributed by atoms with Crippen molar-refractivity contribution in [3.05, 3.63) is 53.8 Å². The number of para-hydroxylation sites is 1. The van der Waals surface area contributed by atoms with E-state index in [0.29, 0.717) is 5.76 Å². The molecule has 64 valence electrons. The Kier molecular flexibility index (Phi) is 1.08. The lowest BCUT2D eigenvalue weighted by atomic mass is 9.96. The maximum absolute atomic E-state index is 10.2. The Bertz CT molecular complexity index is 431. The molecule has 0 bridgehead atoms. The number of allylic oxidation sites excluding steroid dienone is 2. The molecule has 1 aromatic rings. The molecule has 13 heavy (non-hydrogen) atoms. The van der Waals surface area contributed by atoms with Gasteiger partial charge in [0.2, 0.25) is 0 Å². The molecule has 0 aromatic heterocycles. The first-order valence-electron chi connectivity index (χ1n) is 4.20. The van der Waals surface area contributed by atoms with Crippen LogP contribution in [0.1, 0.15) is 5.56 Å². The third-order valence-electron chi connectivity index (χ3n) is 2.48. The quantitative estimate of drug-likeness (QED) is 0.645. The number of ether oxygens (including phenoxy) is 1. The van der Waals surface area contributed by atoms with Gasteiger partial charge in [0.15, 0.2) is 5.60 Å². The van der Waals surface area contributed by atoms with Crippen molar-refractivity contribution in [2.45, 2.75) is 5.60 Å². The number of aliphatic hydroxyl groups is 1. The van der Waals surface area contributed by atoms with Crippen LogP contribution in [0.3, 0.4) is 0 Å². The van der Waals surface area contributed by atoms with Crippen LogP contribution in [0.2, 0.25) is 0 Å². The van der Waals surface area contributed by atoms with Gasteiger partial charge in [-0.15, -0.1) is 0 Å². The van der Waals surface area contributed by atoms with Crippen molar-refractivity contribution in [2.24, 2.45) is 0 Å². The summed E-state index contributed by atoms with van der Waals surface area (Å²) in [5, 5.41) is 10.2. The topological polar surface area (TPSA) is 29.5 Å². The molecule has 2 aliphatic rings. The third-order valence-corrected chi connectivity index (χ3v) is 2.48. The van der Waals surface area contributed by atoms with Crippen molar-refractivity contribution < 1.29 is 9.84 Å². The number of rotatable bonds is 0. The predicted octanol–water partition coefficient (Wildman–Crippen LogP) is 1.72. The minimum absolute atomic E-state index is 0.605. The molecule has 0 spiro atoms. The summed E-state index contributed by atoms with van der Waals surface area (Å²) in [6.07, 6.45) is 5.35. The number of hydrogen-bond donors (Lipinski definition) is 1. The second-order valence-electron chi connectivity index (χ2n) is 3.25. The van der Waals surface area contributed by atoms with Gasteiger partial charge >= 0.3 is 0 Å². The maximum atomic E-state index is 10.2. The molecular weight excluding hydrogens is 164 g/mol. The van der Waals surface area contributed by atoms with Crippen LogP contribution in [0.4, 0.5) is 0 Å². The molecule has 0 amide bonds. The van der Waals surface area contributed by atoms with Gasteiger partial charge in [-0.1, -0.05) is 24.3 Å². The molecule has 0 fully saturated rings. The standard InChI is InChI=1S/C11H8O2/c12-11-7-3-6-10(11)13-9-5-2-1-4-8(9)11/h1-7,12H. The fraction of sp³-hybridized carbons (Fsp3) is 0.0909. The lowest BCUT2D eigenvalue weighted by molar-refractivity contribution is 0.114. The minimum Gasteiger partial charge on any atom is -0.457 e. The van der Waals surface area contributed by atoms with Crippen LogP contribution in [0.15, 0.2) is 48.3 Å². The molecular formula is C11H8O2. The summed E-state index contributed by atoms with van der Waals surface area (Å²) in [4.78, 5) is 0. The fourth-order valence-electron chi connectivity index (χ4n) is 1.81. The Morgan fingerprint density at radius 2 is 2.08 bits per heavy atom. The van der Waals surface area contributed by atoms with Crippen molar-refractivity contribution in [3.63, 3.8) is 0 Å². The highest BCUT2D eigenvalue weighted by atomic mass is 16.5. The molecule has 1 unspecified atom stereocenters. The van der Waals surface area contributed by atoms with E-state index in [1.165, 1.54) is 0 Å². The number of benzene rings is 1. The summed E-state index contributed by atoms with van der Waals surface area (Å²) in [6, 6.07) is 7.54. The van der Waals surface area contributed by atoms with Gasteiger partial charge in [-0.3, -0.25) is 0 Å². The van der Waals surface area contributed by atoms with E-state index in [0.717, 1.165) is 11.3 Å². The molecule has 1 aromatic carbocycles. The lowest BCUT2D eigenvalue weighted by Crippen LogP contribution is -2.19. The van der Waals surface area contributed by atoms with Crippen LogP contribution in [-0.2, 0) is 5.60 Å². The van der Waals surface area contributed by atoms with Crippen LogP contribution in [-0.4, -0.2) is 5.11 Å². The molecule has 0 saturated heterocycles. The average molecular weight is 172 g/mol. The normalized spacial score (nSPS) is 27.9. The van der Waals surface area contributed by atoms with Gasteiger partial charge in [0, 0.05) is 5.56 Å². The van der Waals surface area contributed by atoms with Crippen LogP contribution in [0, 0.1) is 0 Å². The highest BCUT2D eigenvalue weighted by molar-refractivity contribution is 5.55. The first-order chi connectivity index (χ1) is 6.31. The van der Waals surface area contributed by atoms with E-state index < -0.39 is 5.60 Å². The molecule has 3 rings (SSSR count). The summed E-state index contributed by atoms with van der Waals surface area (Å²) in [6.45, 7) is 0. The lowest BCUT2D eigenvalue weighted by Gasteiger charge is -2.14. The van der Waals surface area contributed by atoms with E-state index in [1.807, 2.05) is 30.3 Å². The predicted molar refractivity (Wildman–Crippen MR) is 48.2 cm³/mol. The van der Waals surface area contributed by atoms with Crippen LogP contribution in [0.5, 0.6) is 5.75 Å². The largest absolute Gasteiger partial charge is 0.457 e. The molecule has 1 aliphatic heterocycles. The monoisotopic (exact) mass is 172 g/mol. The summed E-state index contributed by atoms with van der Waals surface area (Å²) in [7, 11) is 0. The summed E-state index contributed by atoms with van der Waals surface area (Å²) < 4.78 is 5.48. The maximum Gasteiger partial charge on any atom is 0.169 e. The molecule has 0 radical (unpaired) electrons. The summed E-state index contributed by atoms with van der Waals surface area (Å²) in [5.41, 5.74) is -0.175. The van der Waals surface area contributed by atoms with Gasteiger partial charge < -0.3 is 9.84 Å². The molecule has 1 N–H and O–H groups in total. The van der Waals surface area contributed by atoms with Gasteiger partial charge in [0.1, 0.15) is 11.5 Å². The summed E-state index contributed by atoms with van der Waals surface area (Å²) in [5.74, 6) is 1.36. The van der Waals surface area contributed by atoms with E-state index in [2.05, 4.69) is 0 Å². The Morgan fingerprint density at radius 3 is 3.00 bits per heavy atom. The Morgan fingerprint density at radius 1 is 1.23 bits per heavy atom. The van der Waals surface area contributed by atoms with Gasteiger partial charge in [-0.05, 0) is 18.2 Å². The van der Waals surface area contributed by atoms with Crippen LogP contribution >= 0.6 is 0 Å². The Balaban J connectivity index is 2.29. The minimum atomic E-state index is -1.00. The van der Waals surface area contributed by atoms with Crippen LogP contribution in [0.25, 0.3) is 0 Å². The summed E-state index contributed by atoms with van der Waals surface area (Å²) >= 11 is 0. The van der Waals surface area contributed by atoms with Crippen molar-refractivity contribution in [1.82, 2.24) is 0 Å². The van der Waals surface area contributed by atoms with Crippen molar-refractivity contribution in [2.75, 3.05) is 0 Å². The zero-order chi connectivity index (χ0) is 8.89. The molecule has 1 atom stereocenters. The molecule has 0 saturated carbocycles. The van der Waals surface area contributed by atoms with Crippen molar-refractivity contribution in [1.29, 1.82) is 0 Å². The Hall–Kier alpha value is -1.54. The highest BCUT2D eigenvalue weighted by Crippen LogP contribution is 2.46. The van der Waals surface area contributed by atoms with Crippen molar-refractivity contribution >= 4 is 0 Å². The van der Waals surface area contributed by atoms with Gasteiger partial charge in [-0.2, -0.15) is 0 Å². The van der Waals surface area contributed by atoms with Crippen molar-refractivity contribution in [3.8, 4) is 5.75 Å². The zero-order valence-corrected chi connectivity index (χ0v) is 6.90. The van der Waals surface area contributed by atoms with Crippen LogP contribution < -0.4 is 4.74 Å². The second kappa shape index (κ2) is 2.03. The first-order valence-corrected chi connectivity index (χ1v) is 4.20. The van der Waals surface area contributed by atoms with E-state index in [-0.39, 0.29) is 0 Å².